The number of esters is 2. The van der Waals surface area contributed by atoms with E-state index in [4.69, 9.17) is 9.47 Å². The van der Waals surface area contributed by atoms with E-state index in [1.165, 1.54) is 7.11 Å². The summed E-state index contributed by atoms with van der Waals surface area (Å²) in [6.07, 6.45) is 0. The van der Waals surface area contributed by atoms with E-state index < -0.39 is 11.9 Å². The van der Waals surface area contributed by atoms with Gasteiger partial charge in [-0.05, 0) is 39.3 Å². The monoisotopic (exact) mass is 379 g/mol. The van der Waals surface area contributed by atoms with Crippen LogP contribution in [-0.2, 0) is 20.8 Å². The van der Waals surface area contributed by atoms with Gasteiger partial charge >= 0.3 is 11.9 Å². The number of ether oxygens (including phenoxy) is 2. The zero-order valence-electron chi connectivity index (χ0n) is 15.3. The summed E-state index contributed by atoms with van der Waals surface area (Å²) in [6.45, 7) is 7.20. The highest BCUT2D eigenvalue weighted by atomic mass is 32.1. The third kappa shape index (κ3) is 4.10. The average molecular weight is 379 g/mol. The molecule has 0 bridgehead atoms. The highest BCUT2D eigenvalue weighted by Crippen LogP contribution is 2.34. The number of nitrogens with zero attached hydrogens (tertiary/aromatic N) is 2. The van der Waals surface area contributed by atoms with Crippen LogP contribution in [0.1, 0.15) is 43.9 Å². The Balaban J connectivity index is 2.30. The molecule has 1 N–H and O–H groups in total. The number of methoxy groups -OCH3 is 1. The van der Waals surface area contributed by atoms with Crippen LogP contribution in [-0.4, -0.2) is 41.3 Å². The fourth-order valence-corrected chi connectivity index (χ4v) is 3.58. The van der Waals surface area contributed by atoms with Crippen LogP contribution in [0.25, 0.3) is 0 Å². The number of rotatable bonds is 6. The Morgan fingerprint density at radius 2 is 1.92 bits per heavy atom. The lowest BCUT2D eigenvalue weighted by molar-refractivity contribution is -0.116. The van der Waals surface area contributed by atoms with Crippen molar-refractivity contribution < 1.29 is 23.9 Å². The van der Waals surface area contributed by atoms with Crippen molar-refractivity contribution in [3.8, 4) is 0 Å². The topological polar surface area (TPSA) is 99.5 Å². The molecule has 9 heteroatoms. The van der Waals surface area contributed by atoms with Crippen molar-refractivity contribution in [2.24, 2.45) is 0 Å². The minimum absolute atomic E-state index is 0.00796. The van der Waals surface area contributed by atoms with Gasteiger partial charge in [-0.3, -0.25) is 9.48 Å². The molecule has 0 saturated carbocycles. The number of hydrogen-bond acceptors (Lipinski definition) is 7. The number of carbonyl (C=O) groups is 3. The number of carbonyl (C=O) groups excluding carboxylic acids is 3. The molecule has 0 aromatic carbocycles. The summed E-state index contributed by atoms with van der Waals surface area (Å²) in [6, 6.07) is 1.86. The molecule has 0 aliphatic rings. The summed E-state index contributed by atoms with van der Waals surface area (Å²) in [5.74, 6) is -1.53. The normalized spacial score (nSPS) is 10.5. The zero-order chi connectivity index (χ0) is 19.4. The summed E-state index contributed by atoms with van der Waals surface area (Å²) in [4.78, 5) is 36.8. The van der Waals surface area contributed by atoms with Crippen LogP contribution >= 0.6 is 11.3 Å². The van der Waals surface area contributed by atoms with Crippen LogP contribution in [0.4, 0.5) is 5.00 Å². The first kappa shape index (κ1) is 19.6. The predicted octanol–water partition coefficient (Wildman–Crippen LogP) is 2.47. The minimum atomic E-state index is -0.629. The zero-order valence-corrected chi connectivity index (χ0v) is 16.2. The van der Waals surface area contributed by atoms with E-state index in [1.54, 1.807) is 18.5 Å². The fourth-order valence-electron chi connectivity index (χ4n) is 2.48. The number of aromatic nitrogens is 2. The van der Waals surface area contributed by atoms with Gasteiger partial charge in [-0.25, -0.2) is 9.59 Å². The molecule has 0 spiro atoms. The number of thiophene rings is 1. The standard InChI is InChI=1S/C17H21N3O5S/c1-6-25-17(23)14-11(4)13(16(22)24-5)15(26-14)18-12(21)8-20-10(3)7-9(2)19-20/h7H,6,8H2,1-5H3,(H,18,21). The molecule has 0 saturated heterocycles. The Kier molecular flexibility index (Phi) is 6.14. The van der Waals surface area contributed by atoms with Crippen molar-refractivity contribution in [3.63, 3.8) is 0 Å². The highest BCUT2D eigenvalue weighted by Gasteiger charge is 2.27. The first-order valence-corrected chi connectivity index (χ1v) is 8.79. The lowest BCUT2D eigenvalue weighted by Gasteiger charge is -2.07. The second-order valence-electron chi connectivity index (χ2n) is 5.61. The van der Waals surface area contributed by atoms with Gasteiger partial charge in [-0.1, -0.05) is 0 Å². The molecule has 2 rings (SSSR count). The van der Waals surface area contributed by atoms with Crippen LogP contribution < -0.4 is 5.32 Å². The molecule has 2 heterocycles. The van der Waals surface area contributed by atoms with Crippen molar-refractivity contribution >= 4 is 34.2 Å². The molecule has 0 aliphatic heterocycles. The van der Waals surface area contributed by atoms with Gasteiger partial charge in [0.1, 0.15) is 16.4 Å². The molecule has 0 fully saturated rings. The van der Waals surface area contributed by atoms with Gasteiger partial charge in [0, 0.05) is 5.69 Å². The van der Waals surface area contributed by atoms with Gasteiger partial charge in [-0.15, -0.1) is 11.3 Å². The number of aryl methyl sites for hydroxylation is 2. The predicted molar refractivity (Wildman–Crippen MR) is 96.7 cm³/mol. The van der Waals surface area contributed by atoms with Crippen LogP contribution in [0.2, 0.25) is 0 Å². The maximum atomic E-state index is 12.4. The maximum absolute atomic E-state index is 12.4. The highest BCUT2D eigenvalue weighted by molar-refractivity contribution is 7.18. The molecule has 0 unspecified atom stereocenters. The van der Waals surface area contributed by atoms with Crippen LogP contribution in [0, 0.1) is 20.8 Å². The molecule has 0 radical (unpaired) electrons. The summed E-state index contributed by atoms with van der Waals surface area (Å²) in [5.41, 5.74) is 2.23. The number of hydrogen-bond donors (Lipinski definition) is 1. The molecule has 1 amide bonds. The fraction of sp³-hybridized carbons (Fsp3) is 0.412. The summed E-state index contributed by atoms with van der Waals surface area (Å²) in [7, 11) is 1.24. The lowest BCUT2D eigenvalue weighted by atomic mass is 10.1. The van der Waals surface area contributed by atoms with Gasteiger partial charge in [0.15, 0.2) is 0 Å². The van der Waals surface area contributed by atoms with Crippen molar-refractivity contribution in [1.82, 2.24) is 9.78 Å². The third-order valence-electron chi connectivity index (χ3n) is 3.65. The molecule has 26 heavy (non-hydrogen) atoms. The SMILES string of the molecule is CCOC(=O)c1sc(NC(=O)Cn2nc(C)cc2C)c(C(=O)OC)c1C. The molecule has 8 nitrogen and oxygen atoms in total. The van der Waals surface area contributed by atoms with Gasteiger partial charge < -0.3 is 14.8 Å². The summed E-state index contributed by atoms with van der Waals surface area (Å²) >= 11 is 0.989. The first-order chi connectivity index (χ1) is 12.3. The van der Waals surface area contributed by atoms with Gasteiger partial charge in [0.05, 0.1) is 25.0 Å². The number of amides is 1. The van der Waals surface area contributed by atoms with Crippen LogP contribution in [0.5, 0.6) is 0 Å². The van der Waals surface area contributed by atoms with Gasteiger partial charge in [0.25, 0.3) is 0 Å². The van der Waals surface area contributed by atoms with E-state index in [-0.39, 0.29) is 34.5 Å². The van der Waals surface area contributed by atoms with Crippen LogP contribution in [0.3, 0.4) is 0 Å². The molecule has 2 aromatic heterocycles. The van der Waals surface area contributed by atoms with E-state index in [9.17, 15) is 14.4 Å². The third-order valence-corrected chi connectivity index (χ3v) is 4.83. The molecule has 0 aliphatic carbocycles. The molecular formula is C17H21N3O5S. The van der Waals surface area contributed by atoms with Crippen LogP contribution in [0.15, 0.2) is 6.07 Å². The molecular weight excluding hydrogens is 358 g/mol. The largest absolute Gasteiger partial charge is 0.465 e. The van der Waals surface area contributed by atoms with Crippen molar-refractivity contribution in [3.05, 3.63) is 33.5 Å². The number of anilines is 1. The Hall–Kier alpha value is -2.68. The Morgan fingerprint density at radius 1 is 1.23 bits per heavy atom. The smallest absolute Gasteiger partial charge is 0.348 e. The van der Waals surface area contributed by atoms with Gasteiger partial charge in [-0.2, -0.15) is 5.10 Å². The Labute approximate surface area is 155 Å². The first-order valence-electron chi connectivity index (χ1n) is 7.98. The minimum Gasteiger partial charge on any atom is -0.465 e. The van der Waals surface area contributed by atoms with Crippen molar-refractivity contribution in [2.45, 2.75) is 34.2 Å². The summed E-state index contributed by atoms with van der Waals surface area (Å²) < 4.78 is 11.3. The van der Waals surface area contributed by atoms with Gasteiger partial charge in [0.2, 0.25) is 5.91 Å². The van der Waals surface area contributed by atoms with Crippen molar-refractivity contribution in [1.29, 1.82) is 0 Å². The quantitative estimate of drug-likeness (QED) is 0.774. The second-order valence-corrected chi connectivity index (χ2v) is 6.63. The van der Waals surface area contributed by atoms with E-state index in [0.717, 1.165) is 22.7 Å². The summed E-state index contributed by atoms with van der Waals surface area (Å²) in [5, 5.41) is 7.17. The van der Waals surface area contributed by atoms with Crippen molar-refractivity contribution in [2.75, 3.05) is 19.0 Å². The second kappa shape index (κ2) is 8.13. The van der Waals surface area contributed by atoms with E-state index in [2.05, 4.69) is 10.4 Å². The van der Waals surface area contributed by atoms with E-state index in [1.807, 2.05) is 19.9 Å². The average Bonchev–Trinajstić information content (AvgIpc) is 3.06. The van der Waals surface area contributed by atoms with E-state index >= 15 is 0 Å². The lowest BCUT2D eigenvalue weighted by Crippen LogP contribution is -2.21. The molecule has 2 aromatic rings. The maximum Gasteiger partial charge on any atom is 0.348 e. The molecule has 140 valence electrons. The van der Waals surface area contributed by atoms with E-state index in [0.29, 0.717) is 5.56 Å². The Morgan fingerprint density at radius 3 is 2.46 bits per heavy atom. The number of nitrogens with one attached hydrogen (secondary N) is 1. The Bertz CT molecular complexity index is 853. The molecule has 0 atom stereocenters.